The van der Waals surface area contributed by atoms with Crippen molar-refractivity contribution < 1.29 is 4.79 Å². The highest BCUT2D eigenvalue weighted by molar-refractivity contribution is 7.10. The molecule has 0 spiro atoms. The molecular formula is C14H15ClN2OS. The van der Waals surface area contributed by atoms with Gasteiger partial charge in [0, 0.05) is 10.4 Å². The molecule has 3 N–H and O–H groups in total. The molecule has 1 unspecified atom stereocenters. The molecule has 1 atom stereocenters. The number of halogens is 1. The maximum atomic E-state index is 12.2. The monoisotopic (exact) mass is 294 g/mol. The first-order valence-electron chi connectivity index (χ1n) is 6.01. The topological polar surface area (TPSA) is 55.1 Å². The minimum Gasteiger partial charge on any atom is -0.398 e. The molecule has 0 saturated carbocycles. The Morgan fingerprint density at radius 2 is 2.26 bits per heavy atom. The van der Waals surface area contributed by atoms with Crippen molar-refractivity contribution in [3.05, 3.63) is 51.2 Å². The zero-order valence-electron chi connectivity index (χ0n) is 10.5. The summed E-state index contributed by atoms with van der Waals surface area (Å²) in [6.45, 7) is 2.04. The average molecular weight is 295 g/mol. The zero-order chi connectivity index (χ0) is 13.8. The van der Waals surface area contributed by atoms with E-state index in [1.54, 1.807) is 29.5 Å². The predicted molar refractivity (Wildman–Crippen MR) is 80.7 cm³/mol. The fourth-order valence-corrected chi connectivity index (χ4v) is 2.77. The van der Waals surface area contributed by atoms with Gasteiger partial charge in [-0.15, -0.1) is 11.3 Å². The number of rotatable bonds is 4. The summed E-state index contributed by atoms with van der Waals surface area (Å²) in [5, 5.41) is 5.47. The first-order chi connectivity index (χ1) is 9.11. The molecule has 0 radical (unpaired) electrons. The number of nitrogens with two attached hydrogens (primary N) is 1. The third kappa shape index (κ3) is 3.28. The highest BCUT2D eigenvalue weighted by Crippen LogP contribution is 2.23. The Hall–Kier alpha value is -1.52. The van der Waals surface area contributed by atoms with E-state index in [4.69, 9.17) is 17.3 Å². The van der Waals surface area contributed by atoms with Crippen LogP contribution in [0.25, 0.3) is 0 Å². The second-order valence-electron chi connectivity index (χ2n) is 4.19. The normalized spacial score (nSPS) is 12.1. The molecule has 100 valence electrons. The van der Waals surface area contributed by atoms with Crippen LogP contribution in [0.4, 0.5) is 5.69 Å². The number of hydrogen-bond acceptors (Lipinski definition) is 3. The molecule has 0 saturated heterocycles. The predicted octanol–water partition coefficient (Wildman–Crippen LogP) is 3.86. The van der Waals surface area contributed by atoms with Crippen LogP contribution in [0.3, 0.4) is 0 Å². The van der Waals surface area contributed by atoms with Crippen molar-refractivity contribution in [1.29, 1.82) is 0 Å². The molecule has 1 aromatic heterocycles. The van der Waals surface area contributed by atoms with Gasteiger partial charge in [-0.05, 0) is 36.1 Å². The van der Waals surface area contributed by atoms with Crippen LogP contribution in [0.1, 0.15) is 34.6 Å². The number of anilines is 1. The molecule has 5 heteroatoms. The number of thiophene rings is 1. The lowest BCUT2D eigenvalue weighted by Crippen LogP contribution is -2.27. The summed E-state index contributed by atoms with van der Waals surface area (Å²) < 4.78 is 0. The Balaban J connectivity index is 2.13. The van der Waals surface area contributed by atoms with Gasteiger partial charge in [0.2, 0.25) is 0 Å². The van der Waals surface area contributed by atoms with Gasteiger partial charge in [0.1, 0.15) is 0 Å². The Morgan fingerprint density at radius 3 is 2.84 bits per heavy atom. The van der Waals surface area contributed by atoms with Gasteiger partial charge in [0.15, 0.2) is 0 Å². The van der Waals surface area contributed by atoms with Crippen molar-refractivity contribution in [2.45, 2.75) is 19.4 Å². The lowest BCUT2D eigenvalue weighted by Gasteiger charge is -2.15. The van der Waals surface area contributed by atoms with Crippen molar-refractivity contribution in [2.24, 2.45) is 0 Å². The lowest BCUT2D eigenvalue weighted by molar-refractivity contribution is 0.0936. The van der Waals surface area contributed by atoms with Crippen LogP contribution in [0.15, 0.2) is 35.7 Å². The van der Waals surface area contributed by atoms with Gasteiger partial charge in [0.25, 0.3) is 5.91 Å². The summed E-state index contributed by atoms with van der Waals surface area (Å²) in [7, 11) is 0. The fraction of sp³-hybridized carbons (Fsp3) is 0.214. The molecule has 1 amide bonds. The van der Waals surface area contributed by atoms with Crippen LogP contribution in [0.5, 0.6) is 0 Å². The maximum Gasteiger partial charge on any atom is 0.251 e. The summed E-state index contributed by atoms with van der Waals surface area (Å²) in [6, 6.07) is 8.94. The Bertz CT molecular complexity index is 569. The maximum absolute atomic E-state index is 12.2. The van der Waals surface area contributed by atoms with Gasteiger partial charge in [-0.1, -0.05) is 24.6 Å². The van der Waals surface area contributed by atoms with Crippen LogP contribution < -0.4 is 11.1 Å². The van der Waals surface area contributed by atoms with Crippen LogP contribution in [-0.4, -0.2) is 5.91 Å². The van der Waals surface area contributed by atoms with Gasteiger partial charge in [-0.25, -0.2) is 0 Å². The number of nitrogens with one attached hydrogen (secondary N) is 1. The highest BCUT2D eigenvalue weighted by atomic mass is 35.5. The quantitative estimate of drug-likeness (QED) is 0.841. The van der Waals surface area contributed by atoms with E-state index in [1.165, 1.54) is 0 Å². The van der Waals surface area contributed by atoms with Crippen LogP contribution >= 0.6 is 22.9 Å². The first-order valence-corrected chi connectivity index (χ1v) is 7.27. The minimum atomic E-state index is -0.136. The molecule has 0 fully saturated rings. The largest absolute Gasteiger partial charge is 0.398 e. The summed E-state index contributed by atoms with van der Waals surface area (Å²) in [4.78, 5) is 13.3. The van der Waals surface area contributed by atoms with E-state index < -0.39 is 0 Å². The van der Waals surface area contributed by atoms with E-state index in [1.807, 2.05) is 24.4 Å². The third-order valence-corrected chi connectivity index (χ3v) is 4.19. The van der Waals surface area contributed by atoms with E-state index in [0.29, 0.717) is 16.3 Å². The first kappa shape index (κ1) is 13.9. The van der Waals surface area contributed by atoms with E-state index in [0.717, 1.165) is 11.3 Å². The molecule has 3 nitrogen and oxygen atoms in total. The number of carbonyl (C=O) groups is 1. The molecule has 1 aromatic carbocycles. The van der Waals surface area contributed by atoms with Crippen molar-refractivity contribution in [3.63, 3.8) is 0 Å². The van der Waals surface area contributed by atoms with Gasteiger partial charge in [0.05, 0.1) is 16.8 Å². The summed E-state index contributed by atoms with van der Waals surface area (Å²) >= 11 is 7.48. The molecular weight excluding hydrogens is 280 g/mol. The van der Waals surface area contributed by atoms with Gasteiger partial charge >= 0.3 is 0 Å². The minimum absolute atomic E-state index is 0.0319. The second kappa shape index (κ2) is 6.08. The van der Waals surface area contributed by atoms with E-state index in [9.17, 15) is 4.79 Å². The van der Waals surface area contributed by atoms with E-state index in [-0.39, 0.29) is 11.9 Å². The summed E-state index contributed by atoms with van der Waals surface area (Å²) in [5.74, 6) is -0.136. The van der Waals surface area contributed by atoms with Gasteiger partial charge in [-0.2, -0.15) is 0 Å². The van der Waals surface area contributed by atoms with Gasteiger partial charge in [-0.3, -0.25) is 4.79 Å². The highest BCUT2D eigenvalue weighted by Gasteiger charge is 2.15. The summed E-state index contributed by atoms with van der Waals surface area (Å²) in [5.41, 5.74) is 6.65. The standard InChI is InChI=1S/C14H15ClN2OS/c1-2-12(13-4-3-7-19-13)17-14(18)9-5-6-10(15)11(16)8-9/h3-8,12H,2,16H2,1H3,(H,17,18). The van der Waals surface area contributed by atoms with E-state index >= 15 is 0 Å². The summed E-state index contributed by atoms with van der Waals surface area (Å²) in [6.07, 6.45) is 0.843. The van der Waals surface area contributed by atoms with Crippen molar-refractivity contribution in [2.75, 3.05) is 5.73 Å². The number of benzene rings is 1. The Labute approximate surface area is 121 Å². The number of hydrogen-bond donors (Lipinski definition) is 2. The van der Waals surface area contributed by atoms with Crippen LogP contribution in [0, 0.1) is 0 Å². The zero-order valence-corrected chi connectivity index (χ0v) is 12.1. The number of carbonyl (C=O) groups excluding carboxylic acids is 1. The molecule has 0 aliphatic rings. The fourth-order valence-electron chi connectivity index (χ4n) is 1.79. The average Bonchev–Trinajstić information content (AvgIpc) is 2.92. The van der Waals surface area contributed by atoms with E-state index in [2.05, 4.69) is 5.32 Å². The van der Waals surface area contributed by atoms with Crippen LogP contribution in [0.2, 0.25) is 5.02 Å². The lowest BCUT2D eigenvalue weighted by atomic mass is 10.1. The van der Waals surface area contributed by atoms with Crippen LogP contribution in [-0.2, 0) is 0 Å². The van der Waals surface area contributed by atoms with Crippen molar-refractivity contribution in [1.82, 2.24) is 5.32 Å². The Kier molecular flexibility index (Phi) is 4.45. The SMILES string of the molecule is CCC(NC(=O)c1ccc(Cl)c(N)c1)c1cccs1. The number of amides is 1. The molecule has 0 bridgehead atoms. The molecule has 2 rings (SSSR count). The third-order valence-electron chi connectivity index (χ3n) is 2.86. The molecule has 1 heterocycles. The smallest absolute Gasteiger partial charge is 0.251 e. The molecule has 2 aromatic rings. The van der Waals surface area contributed by atoms with Crippen molar-refractivity contribution in [3.8, 4) is 0 Å². The molecule has 19 heavy (non-hydrogen) atoms. The van der Waals surface area contributed by atoms with Gasteiger partial charge < -0.3 is 11.1 Å². The molecule has 0 aliphatic heterocycles. The second-order valence-corrected chi connectivity index (χ2v) is 5.57. The van der Waals surface area contributed by atoms with Crippen molar-refractivity contribution >= 4 is 34.5 Å². The molecule has 0 aliphatic carbocycles. The number of nitrogen functional groups attached to an aromatic ring is 1. The Morgan fingerprint density at radius 1 is 1.47 bits per heavy atom.